The Balaban J connectivity index is 1.99. The maximum absolute atomic E-state index is 12.5. The zero-order valence-electron chi connectivity index (χ0n) is 12.5. The molecule has 2 fully saturated rings. The van der Waals surface area contributed by atoms with Gasteiger partial charge in [-0.15, -0.1) is 0 Å². The lowest BCUT2D eigenvalue weighted by Gasteiger charge is -2.46. The first kappa shape index (κ1) is 14.8. The van der Waals surface area contributed by atoms with Crippen molar-refractivity contribution in [3.8, 4) is 0 Å². The fourth-order valence-corrected chi connectivity index (χ4v) is 3.07. The summed E-state index contributed by atoms with van der Waals surface area (Å²) in [4.78, 5) is 14.5. The van der Waals surface area contributed by atoms with Crippen LogP contribution in [0.2, 0.25) is 0 Å². The molecule has 1 aliphatic heterocycles. The number of hydrogen-bond donors (Lipinski definition) is 1. The Morgan fingerprint density at radius 3 is 2.53 bits per heavy atom. The van der Waals surface area contributed by atoms with Crippen LogP contribution in [0.25, 0.3) is 0 Å². The molecule has 19 heavy (non-hydrogen) atoms. The first-order chi connectivity index (χ1) is 8.93. The molecule has 1 saturated heterocycles. The molecule has 1 amide bonds. The van der Waals surface area contributed by atoms with Crippen LogP contribution in [0.4, 0.5) is 0 Å². The van der Waals surface area contributed by atoms with Crippen molar-refractivity contribution in [3.05, 3.63) is 0 Å². The van der Waals surface area contributed by atoms with Gasteiger partial charge in [-0.05, 0) is 31.6 Å². The molecule has 0 aromatic rings. The summed E-state index contributed by atoms with van der Waals surface area (Å²) in [7, 11) is 0. The van der Waals surface area contributed by atoms with Crippen LogP contribution >= 0.6 is 0 Å². The highest BCUT2D eigenvalue weighted by Gasteiger charge is 2.41. The van der Waals surface area contributed by atoms with E-state index in [1.54, 1.807) is 0 Å². The lowest BCUT2D eigenvalue weighted by Crippen LogP contribution is -2.57. The van der Waals surface area contributed by atoms with Crippen LogP contribution in [0.3, 0.4) is 0 Å². The van der Waals surface area contributed by atoms with Crippen LogP contribution in [0.1, 0.15) is 46.5 Å². The molecule has 1 saturated carbocycles. The number of carbonyl (C=O) groups is 1. The first-order valence-electron chi connectivity index (χ1n) is 7.62. The highest BCUT2D eigenvalue weighted by atomic mass is 16.5. The Bertz CT molecular complexity index is 322. The molecule has 0 aromatic carbocycles. The van der Waals surface area contributed by atoms with Crippen LogP contribution in [0.15, 0.2) is 0 Å². The second-order valence-corrected chi connectivity index (χ2v) is 6.66. The van der Waals surface area contributed by atoms with Crippen molar-refractivity contribution in [2.45, 2.75) is 58.1 Å². The minimum atomic E-state index is -0.111. The summed E-state index contributed by atoms with van der Waals surface area (Å²) in [5, 5.41) is 0. The molecule has 2 aliphatic rings. The molecule has 4 heteroatoms. The molecule has 1 unspecified atom stereocenters. The van der Waals surface area contributed by atoms with Gasteiger partial charge in [0.25, 0.3) is 0 Å². The molecule has 1 heterocycles. The largest absolute Gasteiger partial charge is 0.371 e. The van der Waals surface area contributed by atoms with Gasteiger partial charge >= 0.3 is 0 Å². The summed E-state index contributed by atoms with van der Waals surface area (Å²) in [5.74, 6) is 0.777. The van der Waals surface area contributed by atoms with E-state index in [2.05, 4.69) is 13.8 Å². The van der Waals surface area contributed by atoms with Gasteiger partial charge in [-0.25, -0.2) is 0 Å². The van der Waals surface area contributed by atoms with Gasteiger partial charge < -0.3 is 15.4 Å². The predicted octanol–water partition coefficient (Wildman–Crippen LogP) is 1.78. The van der Waals surface area contributed by atoms with E-state index in [0.29, 0.717) is 18.6 Å². The van der Waals surface area contributed by atoms with E-state index in [9.17, 15) is 4.79 Å². The molecule has 0 radical (unpaired) electrons. The van der Waals surface area contributed by atoms with E-state index in [1.165, 1.54) is 0 Å². The molecular weight excluding hydrogens is 240 g/mol. The number of nitrogens with two attached hydrogens (primary N) is 1. The average Bonchev–Trinajstić information content (AvgIpc) is 2.41. The third-order valence-corrected chi connectivity index (χ3v) is 4.89. The Morgan fingerprint density at radius 1 is 1.32 bits per heavy atom. The highest BCUT2D eigenvalue weighted by molar-refractivity contribution is 5.78. The fourth-order valence-electron chi connectivity index (χ4n) is 3.07. The van der Waals surface area contributed by atoms with Gasteiger partial charge in [0.1, 0.15) is 0 Å². The second-order valence-electron chi connectivity index (χ2n) is 6.66. The number of ether oxygens (including phenoxy) is 1. The fraction of sp³-hybridized carbons (Fsp3) is 0.933. The predicted molar refractivity (Wildman–Crippen MR) is 75.7 cm³/mol. The second kappa shape index (κ2) is 5.80. The molecule has 0 aromatic heterocycles. The average molecular weight is 268 g/mol. The maximum atomic E-state index is 12.5. The van der Waals surface area contributed by atoms with Crippen molar-refractivity contribution in [2.24, 2.45) is 17.6 Å². The number of carbonyl (C=O) groups excluding carboxylic acids is 1. The molecule has 1 spiro atoms. The monoisotopic (exact) mass is 268 g/mol. The van der Waals surface area contributed by atoms with Gasteiger partial charge in [-0.1, -0.05) is 20.8 Å². The Hall–Kier alpha value is -0.610. The molecular formula is C15H28N2O2. The Kier molecular flexibility index (Phi) is 4.51. The first-order valence-corrected chi connectivity index (χ1v) is 7.62. The van der Waals surface area contributed by atoms with Crippen molar-refractivity contribution >= 4 is 5.91 Å². The number of morpholine rings is 1. The van der Waals surface area contributed by atoms with E-state index >= 15 is 0 Å². The van der Waals surface area contributed by atoms with E-state index in [-0.39, 0.29) is 17.4 Å². The van der Waals surface area contributed by atoms with Crippen molar-refractivity contribution < 1.29 is 9.53 Å². The molecule has 0 bridgehead atoms. The van der Waals surface area contributed by atoms with Gasteiger partial charge in [0, 0.05) is 25.0 Å². The van der Waals surface area contributed by atoms with Crippen molar-refractivity contribution in [1.82, 2.24) is 4.90 Å². The van der Waals surface area contributed by atoms with Gasteiger partial charge in [-0.3, -0.25) is 4.79 Å². The summed E-state index contributed by atoms with van der Waals surface area (Å²) in [6, 6.07) is 0.315. The minimum absolute atomic E-state index is 0.0981. The summed E-state index contributed by atoms with van der Waals surface area (Å²) in [6.45, 7) is 8.42. The zero-order chi connectivity index (χ0) is 14.0. The summed E-state index contributed by atoms with van der Waals surface area (Å²) in [5.41, 5.74) is 5.86. The maximum Gasteiger partial charge on any atom is 0.225 e. The Morgan fingerprint density at radius 2 is 1.95 bits per heavy atom. The molecule has 110 valence electrons. The van der Waals surface area contributed by atoms with Crippen molar-refractivity contribution in [2.75, 3.05) is 19.7 Å². The lowest BCUT2D eigenvalue weighted by molar-refractivity contribution is -0.161. The summed E-state index contributed by atoms with van der Waals surface area (Å²) < 4.78 is 6.03. The van der Waals surface area contributed by atoms with E-state index in [0.717, 1.165) is 38.8 Å². The number of hydrogen-bond acceptors (Lipinski definition) is 3. The SMILES string of the molecule is CC(C)C(C)C(=O)N1CCOC2(CCC(N)CC2)C1. The third-order valence-electron chi connectivity index (χ3n) is 4.89. The Labute approximate surface area is 116 Å². The van der Waals surface area contributed by atoms with Crippen LogP contribution in [-0.2, 0) is 9.53 Å². The van der Waals surface area contributed by atoms with Crippen molar-refractivity contribution in [1.29, 1.82) is 0 Å². The quantitative estimate of drug-likeness (QED) is 0.830. The molecule has 1 aliphatic carbocycles. The van der Waals surface area contributed by atoms with E-state index < -0.39 is 0 Å². The molecule has 1 atom stereocenters. The standard InChI is InChI=1S/C15H28N2O2/c1-11(2)12(3)14(18)17-8-9-19-15(10-17)6-4-13(16)5-7-15/h11-13H,4-10,16H2,1-3H3. The van der Waals surface area contributed by atoms with E-state index in [4.69, 9.17) is 10.5 Å². The zero-order valence-corrected chi connectivity index (χ0v) is 12.5. The number of nitrogens with zero attached hydrogens (tertiary/aromatic N) is 1. The van der Waals surface area contributed by atoms with Gasteiger partial charge in [0.2, 0.25) is 5.91 Å². The van der Waals surface area contributed by atoms with Gasteiger partial charge in [0.05, 0.1) is 12.2 Å². The normalized spacial score (nSPS) is 33.7. The molecule has 2 N–H and O–H groups in total. The summed E-state index contributed by atoms with van der Waals surface area (Å²) in [6.07, 6.45) is 4.02. The van der Waals surface area contributed by atoms with Crippen molar-refractivity contribution in [3.63, 3.8) is 0 Å². The number of amides is 1. The number of rotatable bonds is 2. The highest BCUT2D eigenvalue weighted by Crippen LogP contribution is 2.34. The van der Waals surface area contributed by atoms with E-state index in [1.807, 2.05) is 11.8 Å². The lowest BCUT2D eigenvalue weighted by atomic mass is 9.81. The minimum Gasteiger partial charge on any atom is -0.371 e. The van der Waals surface area contributed by atoms with Gasteiger partial charge in [0.15, 0.2) is 0 Å². The topological polar surface area (TPSA) is 55.6 Å². The van der Waals surface area contributed by atoms with Crippen LogP contribution < -0.4 is 5.73 Å². The molecule has 2 rings (SSSR count). The van der Waals surface area contributed by atoms with Gasteiger partial charge in [-0.2, -0.15) is 0 Å². The van der Waals surface area contributed by atoms with Crippen LogP contribution in [-0.4, -0.2) is 42.1 Å². The smallest absolute Gasteiger partial charge is 0.225 e. The third kappa shape index (κ3) is 3.29. The van der Waals surface area contributed by atoms with Crippen LogP contribution in [0.5, 0.6) is 0 Å². The van der Waals surface area contributed by atoms with Crippen LogP contribution in [0, 0.1) is 11.8 Å². The summed E-state index contributed by atoms with van der Waals surface area (Å²) >= 11 is 0. The molecule has 4 nitrogen and oxygen atoms in total.